The fraction of sp³-hybridized carbons (Fsp3) is 0.0769. The number of nitrogens with one attached hydrogen (secondary N) is 1. The van der Waals surface area contributed by atoms with E-state index in [2.05, 4.69) is 5.32 Å². The fourth-order valence-electron chi connectivity index (χ4n) is 1.62. The highest BCUT2D eigenvalue weighted by atomic mass is 35.5. The Labute approximate surface area is 124 Å². The Bertz CT molecular complexity index is 665. The molecule has 104 valence electrons. The summed E-state index contributed by atoms with van der Waals surface area (Å²) < 4.78 is 13.3. The van der Waals surface area contributed by atoms with Crippen LogP contribution in [0.5, 0.6) is 0 Å². The van der Waals surface area contributed by atoms with Gasteiger partial charge in [-0.1, -0.05) is 29.3 Å². The minimum absolute atomic E-state index is 0.0438. The van der Waals surface area contributed by atoms with Gasteiger partial charge in [0, 0.05) is 18.3 Å². The van der Waals surface area contributed by atoms with Crippen molar-refractivity contribution in [2.45, 2.75) is 6.54 Å². The molecule has 0 aliphatic carbocycles. The Morgan fingerprint density at radius 1 is 1.15 bits per heavy atom. The first-order valence-corrected chi connectivity index (χ1v) is 6.34. The van der Waals surface area contributed by atoms with Crippen LogP contribution < -0.4 is 5.32 Å². The van der Waals surface area contributed by atoms with Crippen LogP contribution in [0.1, 0.15) is 5.56 Å². The van der Waals surface area contributed by atoms with Gasteiger partial charge in [0.2, 0.25) is 0 Å². The van der Waals surface area contributed by atoms with Crippen LogP contribution in [0.3, 0.4) is 0 Å². The number of hydrogen-bond donors (Lipinski definition) is 1. The van der Waals surface area contributed by atoms with Gasteiger partial charge in [-0.2, -0.15) is 0 Å². The summed E-state index contributed by atoms with van der Waals surface area (Å²) in [5.74, 6) is -0.493. The molecule has 0 aliphatic rings. The molecule has 0 spiro atoms. The van der Waals surface area contributed by atoms with Crippen LogP contribution in [0, 0.1) is 15.9 Å². The molecule has 0 aliphatic heterocycles. The molecule has 0 radical (unpaired) electrons. The lowest BCUT2D eigenvalue weighted by Gasteiger charge is -2.07. The number of rotatable bonds is 4. The van der Waals surface area contributed by atoms with E-state index in [4.69, 9.17) is 23.2 Å². The average Bonchev–Trinajstić information content (AvgIpc) is 2.40. The molecule has 0 aromatic heterocycles. The minimum Gasteiger partial charge on any atom is -0.381 e. The van der Waals surface area contributed by atoms with Gasteiger partial charge in [0.1, 0.15) is 10.8 Å². The number of hydrogen-bond acceptors (Lipinski definition) is 3. The van der Waals surface area contributed by atoms with Gasteiger partial charge in [-0.25, -0.2) is 4.39 Å². The van der Waals surface area contributed by atoms with E-state index in [9.17, 15) is 14.5 Å². The number of benzene rings is 2. The Kier molecular flexibility index (Phi) is 4.42. The summed E-state index contributed by atoms with van der Waals surface area (Å²) >= 11 is 11.4. The maximum Gasteiger partial charge on any atom is 0.288 e. The Hall–Kier alpha value is -1.85. The van der Waals surface area contributed by atoms with Crippen LogP contribution >= 0.6 is 23.2 Å². The lowest BCUT2D eigenvalue weighted by atomic mass is 10.2. The zero-order valence-electron chi connectivity index (χ0n) is 10.1. The van der Waals surface area contributed by atoms with Gasteiger partial charge in [-0.05, 0) is 29.8 Å². The van der Waals surface area contributed by atoms with Crippen molar-refractivity contribution in [1.29, 1.82) is 0 Å². The highest BCUT2D eigenvalue weighted by Crippen LogP contribution is 2.27. The van der Waals surface area contributed by atoms with Crippen LogP contribution in [0.2, 0.25) is 10.0 Å². The number of nitro groups is 1. The van der Waals surface area contributed by atoms with Gasteiger partial charge in [-0.3, -0.25) is 10.1 Å². The lowest BCUT2D eigenvalue weighted by molar-refractivity contribution is -0.384. The molecule has 20 heavy (non-hydrogen) atoms. The Morgan fingerprint density at radius 2 is 1.90 bits per heavy atom. The predicted octanol–water partition coefficient (Wildman–Crippen LogP) is 4.65. The van der Waals surface area contributed by atoms with E-state index in [1.807, 2.05) is 0 Å². The molecular formula is C13H9Cl2FN2O2. The average molecular weight is 315 g/mol. The highest BCUT2D eigenvalue weighted by molar-refractivity contribution is 6.33. The molecule has 0 bridgehead atoms. The second kappa shape index (κ2) is 6.07. The number of nitrogens with zero attached hydrogens (tertiary/aromatic N) is 1. The van der Waals surface area contributed by atoms with E-state index in [0.717, 1.165) is 0 Å². The zero-order valence-corrected chi connectivity index (χ0v) is 11.6. The molecule has 0 amide bonds. The third-order valence-corrected chi connectivity index (χ3v) is 3.23. The maximum atomic E-state index is 13.3. The SMILES string of the molecule is O=[N+]([O-])c1ccc(NCc2ccc(Cl)c(F)c2)cc1Cl. The number of nitro benzene ring substituents is 1. The topological polar surface area (TPSA) is 55.2 Å². The van der Waals surface area contributed by atoms with Crippen LogP contribution in [0.15, 0.2) is 36.4 Å². The van der Waals surface area contributed by atoms with Gasteiger partial charge in [0.05, 0.1) is 9.95 Å². The summed E-state index contributed by atoms with van der Waals surface area (Å²) in [6.45, 7) is 0.349. The molecular weight excluding hydrogens is 306 g/mol. The first-order chi connectivity index (χ1) is 9.47. The van der Waals surface area contributed by atoms with E-state index in [-0.39, 0.29) is 15.7 Å². The minimum atomic E-state index is -0.555. The van der Waals surface area contributed by atoms with Gasteiger partial charge in [0.25, 0.3) is 5.69 Å². The quantitative estimate of drug-likeness (QED) is 0.660. The first-order valence-electron chi connectivity index (χ1n) is 5.59. The summed E-state index contributed by atoms with van der Waals surface area (Å²) in [7, 11) is 0. The molecule has 2 aromatic rings. The van der Waals surface area contributed by atoms with Gasteiger partial charge in [-0.15, -0.1) is 0 Å². The van der Waals surface area contributed by atoms with Crippen molar-refractivity contribution in [1.82, 2.24) is 0 Å². The highest BCUT2D eigenvalue weighted by Gasteiger charge is 2.11. The molecule has 7 heteroatoms. The molecule has 0 unspecified atom stereocenters. The van der Waals surface area contributed by atoms with Gasteiger partial charge >= 0.3 is 0 Å². The summed E-state index contributed by atoms with van der Waals surface area (Å²) in [5.41, 5.74) is 1.15. The predicted molar refractivity (Wildman–Crippen MR) is 76.8 cm³/mol. The van der Waals surface area contributed by atoms with Gasteiger partial charge < -0.3 is 5.32 Å². The molecule has 4 nitrogen and oxygen atoms in total. The molecule has 2 aromatic carbocycles. The van der Waals surface area contributed by atoms with Crippen molar-refractivity contribution < 1.29 is 9.31 Å². The molecule has 0 saturated carbocycles. The lowest BCUT2D eigenvalue weighted by Crippen LogP contribution is -2.00. The maximum absolute atomic E-state index is 13.3. The van der Waals surface area contributed by atoms with Crippen molar-refractivity contribution in [3.63, 3.8) is 0 Å². The summed E-state index contributed by atoms with van der Waals surface area (Å²) in [4.78, 5) is 10.1. The Balaban J connectivity index is 2.09. The smallest absolute Gasteiger partial charge is 0.288 e. The summed E-state index contributed by atoms with van der Waals surface area (Å²) in [6, 6.07) is 8.78. The van der Waals surface area contributed by atoms with Crippen molar-refractivity contribution in [2.24, 2.45) is 0 Å². The molecule has 0 atom stereocenters. The van der Waals surface area contributed by atoms with Crippen molar-refractivity contribution in [2.75, 3.05) is 5.32 Å². The molecule has 2 rings (SSSR count). The molecule has 0 saturated heterocycles. The third-order valence-electron chi connectivity index (χ3n) is 2.63. The summed E-state index contributed by atoms with van der Waals surface area (Å²) in [6.07, 6.45) is 0. The molecule has 0 heterocycles. The Morgan fingerprint density at radius 3 is 2.50 bits per heavy atom. The van der Waals surface area contributed by atoms with E-state index in [0.29, 0.717) is 17.8 Å². The van der Waals surface area contributed by atoms with E-state index >= 15 is 0 Å². The van der Waals surface area contributed by atoms with E-state index < -0.39 is 10.7 Å². The van der Waals surface area contributed by atoms with Crippen LogP contribution in [-0.2, 0) is 6.54 Å². The summed E-state index contributed by atoms with van der Waals surface area (Å²) in [5, 5.41) is 13.7. The van der Waals surface area contributed by atoms with Crippen molar-refractivity contribution >= 4 is 34.6 Å². The second-order valence-electron chi connectivity index (χ2n) is 4.03. The molecule has 1 N–H and O–H groups in total. The van der Waals surface area contributed by atoms with E-state index in [1.54, 1.807) is 6.07 Å². The second-order valence-corrected chi connectivity index (χ2v) is 4.84. The first kappa shape index (κ1) is 14.6. The monoisotopic (exact) mass is 314 g/mol. The van der Waals surface area contributed by atoms with Crippen LogP contribution in [0.25, 0.3) is 0 Å². The normalized spacial score (nSPS) is 10.3. The molecule has 0 fully saturated rings. The standard InChI is InChI=1S/C13H9Cl2FN2O2/c14-10-3-1-8(5-12(10)16)7-17-9-2-4-13(18(19)20)11(15)6-9/h1-6,17H,7H2. The van der Waals surface area contributed by atoms with Crippen molar-refractivity contribution in [3.8, 4) is 0 Å². The van der Waals surface area contributed by atoms with Gasteiger partial charge in [0.15, 0.2) is 0 Å². The zero-order chi connectivity index (χ0) is 14.7. The van der Waals surface area contributed by atoms with Crippen LogP contribution in [0.4, 0.5) is 15.8 Å². The number of anilines is 1. The fourth-order valence-corrected chi connectivity index (χ4v) is 1.99. The number of halogens is 3. The van der Waals surface area contributed by atoms with E-state index in [1.165, 1.54) is 30.3 Å². The van der Waals surface area contributed by atoms with Crippen molar-refractivity contribution in [3.05, 3.63) is 67.9 Å². The van der Waals surface area contributed by atoms with Crippen LogP contribution in [-0.4, -0.2) is 4.92 Å². The largest absolute Gasteiger partial charge is 0.381 e. The third kappa shape index (κ3) is 3.37.